The first-order chi connectivity index (χ1) is 12.6. The van der Waals surface area contributed by atoms with Crippen molar-refractivity contribution < 1.29 is 19.0 Å². The highest BCUT2D eigenvalue weighted by atomic mass is 79.9. The summed E-state index contributed by atoms with van der Waals surface area (Å²) in [6.07, 6.45) is 1.53. The minimum absolute atomic E-state index is 0.0165. The van der Waals surface area contributed by atoms with E-state index in [1.165, 1.54) is 6.08 Å². The van der Waals surface area contributed by atoms with E-state index in [0.717, 1.165) is 10.0 Å². The standard InChI is InChI=1S/C19H15BrN2O4/c1-24-16-4-2-12(7-15(16)20)6-14(9-21)19(23)22-10-13-3-5-17-18(8-13)26-11-25-17/h2-8H,10-11H2,1H3,(H,22,23)/b14-6+. The first-order valence-corrected chi connectivity index (χ1v) is 8.52. The summed E-state index contributed by atoms with van der Waals surface area (Å²) in [4.78, 5) is 12.3. The van der Waals surface area contributed by atoms with E-state index in [2.05, 4.69) is 21.2 Å². The summed E-state index contributed by atoms with van der Waals surface area (Å²) < 4.78 is 16.5. The van der Waals surface area contributed by atoms with Crippen LogP contribution in [-0.4, -0.2) is 19.8 Å². The number of methoxy groups -OCH3 is 1. The average Bonchev–Trinajstić information content (AvgIpc) is 3.12. The number of nitrogens with zero attached hydrogens (tertiary/aromatic N) is 1. The molecule has 0 spiro atoms. The molecule has 2 aromatic rings. The van der Waals surface area contributed by atoms with Crippen LogP contribution in [0.2, 0.25) is 0 Å². The Balaban J connectivity index is 1.69. The second kappa shape index (κ2) is 7.93. The molecule has 6 nitrogen and oxygen atoms in total. The molecule has 1 amide bonds. The quantitative estimate of drug-likeness (QED) is 0.598. The zero-order valence-corrected chi connectivity index (χ0v) is 15.5. The zero-order valence-electron chi connectivity index (χ0n) is 13.9. The van der Waals surface area contributed by atoms with E-state index in [1.807, 2.05) is 12.1 Å². The van der Waals surface area contributed by atoms with Crippen LogP contribution >= 0.6 is 15.9 Å². The second-order valence-electron chi connectivity index (χ2n) is 5.43. The summed E-state index contributed by atoms with van der Waals surface area (Å²) in [7, 11) is 1.57. The van der Waals surface area contributed by atoms with Gasteiger partial charge in [0, 0.05) is 6.54 Å². The molecule has 0 bridgehead atoms. The lowest BCUT2D eigenvalue weighted by Gasteiger charge is -2.06. The minimum atomic E-state index is -0.447. The number of halogens is 1. The number of carbonyl (C=O) groups excluding carboxylic acids is 1. The molecule has 1 N–H and O–H groups in total. The summed E-state index contributed by atoms with van der Waals surface area (Å²) in [6.45, 7) is 0.477. The van der Waals surface area contributed by atoms with Gasteiger partial charge in [-0.1, -0.05) is 12.1 Å². The van der Waals surface area contributed by atoms with Gasteiger partial charge in [0.15, 0.2) is 11.5 Å². The van der Waals surface area contributed by atoms with Crippen LogP contribution in [0.3, 0.4) is 0 Å². The maximum absolute atomic E-state index is 12.3. The fourth-order valence-corrected chi connectivity index (χ4v) is 2.97. The van der Waals surface area contributed by atoms with Crippen molar-refractivity contribution in [3.63, 3.8) is 0 Å². The van der Waals surface area contributed by atoms with E-state index in [4.69, 9.17) is 14.2 Å². The van der Waals surface area contributed by atoms with Crippen LogP contribution in [0.4, 0.5) is 0 Å². The molecule has 0 aromatic heterocycles. The van der Waals surface area contributed by atoms with Crippen LogP contribution < -0.4 is 19.5 Å². The van der Waals surface area contributed by atoms with Crippen molar-refractivity contribution in [2.45, 2.75) is 6.54 Å². The number of benzene rings is 2. The van der Waals surface area contributed by atoms with Gasteiger partial charge in [0.1, 0.15) is 17.4 Å². The lowest BCUT2D eigenvalue weighted by atomic mass is 10.1. The van der Waals surface area contributed by atoms with Gasteiger partial charge >= 0.3 is 0 Å². The van der Waals surface area contributed by atoms with Crippen molar-refractivity contribution in [2.75, 3.05) is 13.9 Å². The highest BCUT2D eigenvalue weighted by Gasteiger charge is 2.14. The summed E-state index contributed by atoms with van der Waals surface area (Å²) >= 11 is 3.38. The van der Waals surface area contributed by atoms with Crippen LogP contribution in [0.25, 0.3) is 6.08 Å². The summed E-state index contributed by atoms with van der Waals surface area (Å²) in [5.74, 6) is 1.56. The molecule has 2 aromatic carbocycles. The molecule has 1 heterocycles. The van der Waals surface area contributed by atoms with Gasteiger partial charge in [-0.25, -0.2) is 0 Å². The number of hydrogen-bond acceptors (Lipinski definition) is 5. The average molecular weight is 415 g/mol. The predicted octanol–water partition coefficient (Wildman–Crippen LogP) is 3.41. The SMILES string of the molecule is COc1ccc(/C=C(\C#N)C(=O)NCc2ccc3c(c2)OCO3)cc1Br. The van der Waals surface area contributed by atoms with Gasteiger partial charge in [-0.05, 0) is 57.4 Å². The summed E-state index contributed by atoms with van der Waals surface area (Å²) in [5, 5.41) is 12.0. The normalized spacial score (nSPS) is 12.4. The third-order valence-electron chi connectivity index (χ3n) is 3.74. The van der Waals surface area contributed by atoms with Gasteiger partial charge in [-0.2, -0.15) is 5.26 Å². The molecule has 3 rings (SSSR count). The first kappa shape index (κ1) is 17.8. The molecular formula is C19H15BrN2O4. The molecule has 1 aliphatic heterocycles. The topological polar surface area (TPSA) is 80.6 Å². The van der Waals surface area contributed by atoms with Crippen LogP contribution in [-0.2, 0) is 11.3 Å². The molecule has 0 atom stereocenters. The van der Waals surface area contributed by atoms with Gasteiger partial charge in [0.2, 0.25) is 6.79 Å². The molecule has 0 aliphatic carbocycles. The molecule has 0 unspecified atom stereocenters. The molecule has 132 valence electrons. The number of nitrogens with one attached hydrogen (secondary N) is 1. The summed E-state index contributed by atoms with van der Waals surface area (Å²) in [6, 6.07) is 12.7. The van der Waals surface area contributed by atoms with Crippen LogP contribution in [0.1, 0.15) is 11.1 Å². The first-order valence-electron chi connectivity index (χ1n) is 7.73. The lowest BCUT2D eigenvalue weighted by molar-refractivity contribution is -0.117. The van der Waals surface area contributed by atoms with Crippen molar-refractivity contribution >= 4 is 27.9 Å². The van der Waals surface area contributed by atoms with Crippen LogP contribution in [0.5, 0.6) is 17.2 Å². The number of amides is 1. The van der Waals surface area contributed by atoms with Crippen molar-refractivity contribution in [1.82, 2.24) is 5.32 Å². The number of rotatable bonds is 5. The molecule has 0 radical (unpaired) electrons. The second-order valence-corrected chi connectivity index (χ2v) is 6.29. The summed E-state index contributed by atoms with van der Waals surface area (Å²) in [5.41, 5.74) is 1.59. The molecule has 0 fully saturated rings. The van der Waals surface area contributed by atoms with E-state index < -0.39 is 5.91 Å². The highest BCUT2D eigenvalue weighted by molar-refractivity contribution is 9.10. The van der Waals surface area contributed by atoms with Crippen molar-refractivity contribution in [2.24, 2.45) is 0 Å². The van der Waals surface area contributed by atoms with Gasteiger partial charge in [0.25, 0.3) is 5.91 Å². The van der Waals surface area contributed by atoms with Gasteiger partial charge in [-0.3, -0.25) is 4.79 Å². The van der Waals surface area contributed by atoms with E-state index in [0.29, 0.717) is 22.8 Å². The number of carbonyl (C=O) groups is 1. The Morgan fingerprint density at radius 2 is 2.12 bits per heavy atom. The molecule has 1 aliphatic rings. The van der Waals surface area contributed by atoms with Gasteiger partial charge in [0.05, 0.1) is 11.6 Å². The third-order valence-corrected chi connectivity index (χ3v) is 4.36. The number of fused-ring (bicyclic) bond motifs is 1. The number of nitriles is 1. The number of ether oxygens (including phenoxy) is 3. The molecule has 7 heteroatoms. The molecular weight excluding hydrogens is 400 g/mol. The lowest BCUT2D eigenvalue weighted by Crippen LogP contribution is -2.23. The van der Waals surface area contributed by atoms with E-state index in [9.17, 15) is 10.1 Å². The Morgan fingerprint density at radius 3 is 2.85 bits per heavy atom. The Kier molecular flexibility index (Phi) is 5.44. The van der Waals surface area contributed by atoms with Crippen molar-refractivity contribution in [3.8, 4) is 23.3 Å². The smallest absolute Gasteiger partial charge is 0.262 e. The Labute approximate surface area is 159 Å². The van der Waals surface area contributed by atoms with E-state index in [1.54, 1.807) is 37.4 Å². The van der Waals surface area contributed by atoms with E-state index in [-0.39, 0.29) is 18.9 Å². The molecule has 0 saturated carbocycles. The van der Waals surface area contributed by atoms with Crippen LogP contribution in [0.15, 0.2) is 46.4 Å². The Bertz CT molecular complexity index is 918. The van der Waals surface area contributed by atoms with Gasteiger partial charge < -0.3 is 19.5 Å². The Hall–Kier alpha value is -2.98. The van der Waals surface area contributed by atoms with Crippen molar-refractivity contribution in [1.29, 1.82) is 5.26 Å². The monoisotopic (exact) mass is 414 g/mol. The largest absolute Gasteiger partial charge is 0.496 e. The number of hydrogen-bond donors (Lipinski definition) is 1. The third kappa shape index (κ3) is 3.98. The van der Waals surface area contributed by atoms with Gasteiger partial charge in [-0.15, -0.1) is 0 Å². The fraction of sp³-hybridized carbons (Fsp3) is 0.158. The maximum Gasteiger partial charge on any atom is 0.262 e. The van der Waals surface area contributed by atoms with E-state index >= 15 is 0 Å². The predicted molar refractivity (Wildman–Crippen MR) is 98.7 cm³/mol. The van der Waals surface area contributed by atoms with Crippen LogP contribution in [0, 0.1) is 11.3 Å². The highest BCUT2D eigenvalue weighted by Crippen LogP contribution is 2.32. The molecule has 0 saturated heterocycles. The van der Waals surface area contributed by atoms with Crippen molar-refractivity contribution in [3.05, 3.63) is 57.6 Å². The molecule has 26 heavy (non-hydrogen) atoms. The maximum atomic E-state index is 12.3. The Morgan fingerprint density at radius 1 is 1.31 bits per heavy atom. The minimum Gasteiger partial charge on any atom is -0.496 e. The fourth-order valence-electron chi connectivity index (χ4n) is 2.42. The zero-order chi connectivity index (χ0) is 18.5.